The van der Waals surface area contributed by atoms with E-state index in [1.807, 2.05) is 0 Å². The van der Waals surface area contributed by atoms with Crippen molar-refractivity contribution in [3.8, 4) is 0 Å². The van der Waals surface area contributed by atoms with E-state index in [4.69, 9.17) is 4.74 Å². The monoisotopic (exact) mass is 339 g/mol. The molecular formula is C17H22FNO3S. The molecule has 0 saturated carbocycles. The number of carbonyl (C=O) groups excluding carboxylic acids is 2. The van der Waals surface area contributed by atoms with Gasteiger partial charge in [-0.1, -0.05) is 12.1 Å². The van der Waals surface area contributed by atoms with E-state index >= 15 is 0 Å². The zero-order chi connectivity index (χ0) is 16.7. The number of ether oxygens (including phenoxy) is 1. The molecule has 23 heavy (non-hydrogen) atoms. The summed E-state index contributed by atoms with van der Waals surface area (Å²) in [6.07, 6.45) is 3.42. The molecule has 0 bridgehead atoms. The molecule has 1 atom stereocenters. The van der Waals surface area contributed by atoms with Gasteiger partial charge in [-0.2, -0.15) is 0 Å². The van der Waals surface area contributed by atoms with Gasteiger partial charge in [0.15, 0.2) is 0 Å². The van der Waals surface area contributed by atoms with Crippen LogP contribution in [0, 0.1) is 5.82 Å². The van der Waals surface area contributed by atoms with Gasteiger partial charge in [0.05, 0.1) is 13.5 Å². The highest BCUT2D eigenvalue weighted by molar-refractivity contribution is 7.99. The molecule has 2 rings (SSSR count). The molecule has 1 aromatic carbocycles. The summed E-state index contributed by atoms with van der Waals surface area (Å²) in [6, 6.07) is 6.49. The van der Waals surface area contributed by atoms with E-state index in [0.29, 0.717) is 23.6 Å². The number of benzene rings is 1. The minimum Gasteiger partial charge on any atom is -0.469 e. The summed E-state index contributed by atoms with van der Waals surface area (Å²) in [5.41, 5.74) is 0. The van der Waals surface area contributed by atoms with Crippen molar-refractivity contribution in [2.45, 2.75) is 43.0 Å². The topological polar surface area (TPSA) is 46.6 Å². The molecule has 0 aliphatic carbocycles. The van der Waals surface area contributed by atoms with Crippen LogP contribution in [0.3, 0.4) is 0 Å². The molecule has 1 amide bonds. The van der Waals surface area contributed by atoms with E-state index in [2.05, 4.69) is 0 Å². The number of hydrogen-bond acceptors (Lipinski definition) is 4. The summed E-state index contributed by atoms with van der Waals surface area (Å²) in [4.78, 5) is 26.3. The number of piperidine rings is 1. The Balaban J connectivity index is 1.85. The Morgan fingerprint density at radius 3 is 2.87 bits per heavy atom. The molecule has 1 saturated heterocycles. The maximum Gasteiger partial charge on any atom is 0.307 e. The Bertz CT molecular complexity index is 552. The number of hydrogen-bond donors (Lipinski definition) is 0. The van der Waals surface area contributed by atoms with Gasteiger partial charge >= 0.3 is 5.97 Å². The summed E-state index contributed by atoms with van der Waals surface area (Å²) in [5.74, 6) is 0.0191. The molecule has 126 valence electrons. The third-order valence-corrected chi connectivity index (χ3v) is 5.04. The number of amides is 1. The molecule has 0 spiro atoms. The highest BCUT2D eigenvalue weighted by Crippen LogP contribution is 2.24. The normalized spacial score (nSPS) is 17.8. The van der Waals surface area contributed by atoms with Crippen LogP contribution in [0.5, 0.6) is 0 Å². The largest absolute Gasteiger partial charge is 0.469 e. The van der Waals surface area contributed by atoms with Crippen LogP contribution in [-0.4, -0.2) is 42.2 Å². The predicted molar refractivity (Wildman–Crippen MR) is 87.7 cm³/mol. The minimum absolute atomic E-state index is 0.0300. The summed E-state index contributed by atoms with van der Waals surface area (Å²) in [6.45, 7) is 0.685. The molecule has 4 nitrogen and oxygen atoms in total. The van der Waals surface area contributed by atoms with Gasteiger partial charge < -0.3 is 9.64 Å². The first-order chi connectivity index (χ1) is 11.1. The summed E-state index contributed by atoms with van der Waals surface area (Å²) in [7, 11) is 1.36. The fourth-order valence-electron chi connectivity index (χ4n) is 2.77. The van der Waals surface area contributed by atoms with E-state index in [1.54, 1.807) is 23.1 Å². The maximum absolute atomic E-state index is 13.5. The second-order valence-electron chi connectivity index (χ2n) is 5.55. The lowest BCUT2D eigenvalue weighted by Gasteiger charge is -2.35. The lowest BCUT2D eigenvalue weighted by molar-refractivity contribution is -0.144. The molecule has 1 fully saturated rings. The van der Waals surface area contributed by atoms with Crippen LogP contribution in [0.15, 0.2) is 29.2 Å². The first-order valence-electron chi connectivity index (χ1n) is 7.85. The highest BCUT2D eigenvalue weighted by atomic mass is 32.2. The van der Waals surface area contributed by atoms with Crippen molar-refractivity contribution in [2.75, 3.05) is 19.4 Å². The lowest BCUT2D eigenvalue weighted by Crippen LogP contribution is -2.45. The number of methoxy groups -OCH3 is 1. The van der Waals surface area contributed by atoms with Crippen LogP contribution in [0.1, 0.15) is 32.1 Å². The molecule has 1 aromatic rings. The SMILES string of the molecule is COC(=O)C[C@H]1CCCCN1C(=O)CCSc1ccccc1F. The molecule has 1 aliphatic rings. The van der Waals surface area contributed by atoms with Crippen molar-refractivity contribution in [3.05, 3.63) is 30.1 Å². The lowest BCUT2D eigenvalue weighted by atomic mass is 9.99. The average molecular weight is 339 g/mol. The second-order valence-corrected chi connectivity index (χ2v) is 6.68. The van der Waals surface area contributed by atoms with Gasteiger partial charge in [0.1, 0.15) is 5.82 Å². The maximum atomic E-state index is 13.5. The first-order valence-corrected chi connectivity index (χ1v) is 8.84. The van der Waals surface area contributed by atoms with Crippen molar-refractivity contribution < 1.29 is 18.7 Å². The van der Waals surface area contributed by atoms with Crippen LogP contribution in [0.4, 0.5) is 4.39 Å². The van der Waals surface area contributed by atoms with Gasteiger partial charge in [0, 0.05) is 29.7 Å². The van der Waals surface area contributed by atoms with Gasteiger partial charge in [0.2, 0.25) is 5.91 Å². The van der Waals surface area contributed by atoms with Crippen molar-refractivity contribution >= 4 is 23.6 Å². The molecule has 0 N–H and O–H groups in total. The number of esters is 1. The van der Waals surface area contributed by atoms with E-state index in [-0.39, 0.29) is 30.2 Å². The van der Waals surface area contributed by atoms with E-state index in [1.165, 1.54) is 24.9 Å². The Kier molecular flexibility index (Phi) is 6.89. The van der Waals surface area contributed by atoms with Crippen LogP contribution in [0.25, 0.3) is 0 Å². The zero-order valence-corrected chi connectivity index (χ0v) is 14.1. The smallest absolute Gasteiger partial charge is 0.307 e. The van der Waals surface area contributed by atoms with Crippen molar-refractivity contribution in [3.63, 3.8) is 0 Å². The third kappa shape index (κ3) is 5.23. The second kappa shape index (κ2) is 8.91. The number of carbonyl (C=O) groups is 2. The molecule has 1 aliphatic heterocycles. The van der Waals surface area contributed by atoms with Crippen molar-refractivity contribution in [1.82, 2.24) is 4.90 Å². The van der Waals surface area contributed by atoms with Crippen LogP contribution in [0.2, 0.25) is 0 Å². The molecule has 0 aromatic heterocycles. The Morgan fingerprint density at radius 1 is 1.35 bits per heavy atom. The summed E-state index contributed by atoms with van der Waals surface area (Å²) >= 11 is 1.34. The van der Waals surface area contributed by atoms with Crippen LogP contribution in [-0.2, 0) is 14.3 Å². The number of likely N-dealkylation sites (tertiary alicyclic amines) is 1. The third-order valence-electron chi connectivity index (χ3n) is 3.99. The highest BCUT2D eigenvalue weighted by Gasteiger charge is 2.28. The van der Waals surface area contributed by atoms with Gasteiger partial charge in [-0.15, -0.1) is 11.8 Å². The minimum atomic E-state index is -0.282. The Hall–Kier alpha value is -1.56. The summed E-state index contributed by atoms with van der Waals surface area (Å²) in [5, 5.41) is 0. The quantitative estimate of drug-likeness (QED) is 0.590. The number of rotatable bonds is 6. The fourth-order valence-corrected chi connectivity index (χ4v) is 3.65. The van der Waals surface area contributed by atoms with Crippen LogP contribution < -0.4 is 0 Å². The molecule has 0 radical (unpaired) electrons. The average Bonchev–Trinajstić information content (AvgIpc) is 2.57. The van der Waals surface area contributed by atoms with Crippen molar-refractivity contribution in [1.29, 1.82) is 0 Å². The number of thioether (sulfide) groups is 1. The van der Waals surface area contributed by atoms with Gasteiger partial charge in [-0.3, -0.25) is 9.59 Å². The van der Waals surface area contributed by atoms with Gasteiger partial charge in [-0.05, 0) is 31.4 Å². The van der Waals surface area contributed by atoms with Crippen molar-refractivity contribution in [2.24, 2.45) is 0 Å². The van der Waals surface area contributed by atoms with E-state index in [9.17, 15) is 14.0 Å². The standard InChI is InChI=1S/C17H22FNO3S/c1-22-17(21)12-13-6-4-5-10-19(13)16(20)9-11-23-15-8-3-2-7-14(15)18/h2-3,7-8,13H,4-6,9-12H2,1H3/t13-/m1/s1. The fraction of sp³-hybridized carbons (Fsp3) is 0.529. The first kappa shape index (κ1) is 17.8. The molecule has 6 heteroatoms. The Morgan fingerprint density at radius 2 is 2.13 bits per heavy atom. The number of nitrogens with zero attached hydrogens (tertiary/aromatic N) is 1. The summed E-state index contributed by atoms with van der Waals surface area (Å²) < 4.78 is 18.3. The van der Waals surface area contributed by atoms with Crippen LogP contribution >= 0.6 is 11.8 Å². The predicted octanol–water partition coefficient (Wildman–Crippen LogP) is 3.25. The van der Waals surface area contributed by atoms with E-state index < -0.39 is 0 Å². The van der Waals surface area contributed by atoms with Gasteiger partial charge in [0.25, 0.3) is 0 Å². The van der Waals surface area contributed by atoms with Gasteiger partial charge in [-0.25, -0.2) is 4.39 Å². The molecule has 1 heterocycles. The number of halogens is 1. The van der Waals surface area contributed by atoms with E-state index in [0.717, 1.165) is 19.3 Å². The Labute approximate surface area is 140 Å². The zero-order valence-electron chi connectivity index (χ0n) is 13.3. The molecular weight excluding hydrogens is 317 g/mol. The molecule has 0 unspecified atom stereocenters.